The van der Waals surface area contributed by atoms with Gasteiger partial charge in [0.25, 0.3) is 0 Å². The topological polar surface area (TPSA) is 108 Å². The second-order valence-electron chi connectivity index (χ2n) is 5.93. The summed E-state index contributed by atoms with van der Waals surface area (Å²) < 4.78 is 40.3. The highest BCUT2D eigenvalue weighted by atomic mass is 32.2. The smallest absolute Gasteiger partial charge is 0.338 e. The molecule has 0 amide bonds. The maximum absolute atomic E-state index is 12.4. The van der Waals surface area contributed by atoms with Gasteiger partial charge in [0, 0.05) is 11.3 Å². The molecule has 0 bridgehead atoms. The quantitative estimate of drug-likeness (QED) is 0.594. The number of esters is 1. The van der Waals surface area contributed by atoms with Crippen LogP contribution in [0.15, 0.2) is 42.5 Å². The molecule has 0 saturated carbocycles. The first-order valence-electron chi connectivity index (χ1n) is 7.95. The number of anilines is 1. The molecule has 3 rings (SSSR count). The molecule has 2 aromatic carbocycles. The zero-order valence-electron chi connectivity index (χ0n) is 14.6. The number of carbonyl (C=O) groups excluding carboxylic acids is 2. The van der Waals surface area contributed by atoms with Gasteiger partial charge in [-0.1, -0.05) is 0 Å². The summed E-state index contributed by atoms with van der Waals surface area (Å²) in [6.07, 6.45) is 0.0145. The molecule has 0 aliphatic carbocycles. The van der Waals surface area contributed by atoms with E-state index in [4.69, 9.17) is 14.2 Å². The van der Waals surface area contributed by atoms with E-state index in [-0.39, 0.29) is 12.4 Å². The van der Waals surface area contributed by atoms with Crippen LogP contribution in [0.5, 0.6) is 11.5 Å². The van der Waals surface area contributed by atoms with Gasteiger partial charge < -0.3 is 14.2 Å². The van der Waals surface area contributed by atoms with Crippen LogP contribution in [0.3, 0.4) is 0 Å². The number of hydrogen-bond donors (Lipinski definition) is 1. The van der Waals surface area contributed by atoms with Gasteiger partial charge in [-0.3, -0.25) is 9.52 Å². The number of carbonyl (C=O) groups is 2. The van der Waals surface area contributed by atoms with Gasteiger partial charge >= 0.3 is 5.97 Å². The van der Waals surface area contributed by atoms with Crippen LogP contribution in [-0.4, -0.2) is 39.3 Å². The number of fused-ring (bicyclic) bond motifs is 1. The highest BCUT2D eigenvalue weighted by molar-refractivity contribution is 7.92. The molecule has 1 heterocycles. The van der Waals surface area contributed by atoms with Crippen LogP contribution in [0.2, 0.25) is 0 Å². The molecular formula is C18H17NO7S. The number of ketones is 1. The Morgan fingerprint density at radius 3 is 2.33 bits per heavy atom. The Labute approximate surface area is 156 Å². The number of benzene rings is 2. The van der Waals surface area contributed by atoms with E-state index >= 15 is 0 Å². The van der Waals surface area contributed by atoms with Crippen LogP contribution < -0.4 is 14.2 Å². The van der Waals surface area contributed by atoms with Gasteiger partial charge in [-0.05, 0) is 49.4 Å². The van der Waals surface area contributed by atoms with Gasteiger partial charge in [-0.2, -0.15) is 0 Å². The summed E-state index contributed by atoms with van der Waals surface area (Å²) in [6.45, 7) is 1.56. The molecule has 0 aromatic heterocycles. The molecule has 2 aromatic rings. The summed E-state index contributed by atoms with van der Waals surface area (Å²) in [6, 6.07) is 10.5. The fourth-order valence-electron chi connectivity index (χ4n) is 2.46. The van der Waals surface area contributed by atoms with Gasteiger partial charge in [-0.25, -0.2) is 13.2 Å². The van der Waals surface area contributed by atoms with E-state index in [0.29, 0.717) is 22.7 Å². The average molecular weight is 391 g/mol. The third-order valence-corrected chi connectivity index (χ3v) is 4.34. The maximum Gasteiger partial charge on any atom is 0.338 e. The second-order valence-corrected chi connectivity index (χ2v) is 7.68. The fraction of sp³-hybridized carbons (Fsp3) is 0.222. The molecule has 0 unspecified atom stereocenters. The van der Waals surface area contributed by atoms with Crippen molar-refractivity contribution >= 4 is 27.5 Å². The Morgan fingerprint density at radius 1 is 1.04 bits per heavy atom. The molecule has 0 saturated heterocycles. The summed E-state index contributed by atoms with van der Waals surface area (Å²) in [7, 11) is -3.40. The molecule has 1 aliphatic rings. The number of Topliss-reactive ketones (excluding diaryl/α,β-unsaturated/α-hetero) is 1. The van der Waals surface area contributed by atoms with Crippen LogP contribution in [-0.2, 0) is 14.8 Å². The first-order valence-corrected chi connectivity index (χ1v) is 9.85. The summed E-state index contributed by atoms with van der Waals surface area (Å²) in [5, 5.41) is 0. The van der Waals surface area contributed by atoms with Crippen molar-refractivity contribution < 1.29 is 32.2 Å². The van der Waals surface area contributed by atoms with Gasteiger partial charge in [0.15, 0.2) is 17.6 Å². The third-order valence-electron chi connectivity index (χ3n) is 3.73. The minimum atomic E-state index is -3.40. The standard InChI is InChI=1S/C18H17NO7S/c1-11(17(20)12-3-6-14(7-4-12)19-27(2,22)23)26-18(21)13-5-8-15-16(9-13)25-10-24-15/h3-9,11,19H,10H2,1-2H3/t11-/m0/s1. The van der Waals surface area contributed by atoms with Gasteiger partial charge in [-0.15, -0.1) is 0 Å². The van der Waals surface area contributed by atoms with E-state index in [1.165, 1.54) is 43.3 Å². The monoisotopic (exact) mass is 391 g/mol. The SMILES string of the molecule is C[C@H](OC(=O)c1ccc2c(c1)OCO2)C(=O)c1ccc(NS(C)(=O)=O)cc1. The van der Waals surface area contributed by atoms with Crippen molar-refractivity contribution in [2.45, 2.75) is 13.0 Å². The number of rotatable bonds is 6. The molecular weight excluding hydrogens is 374 g/mol. The van der Waals surface area contributed by atoms with Crippen molar-refractivity contribution in [2.24, 2.45) is 0 Å². The Balaban J connectivity index is 1.65. The van der Waals surface area contributed by atoms with Crippen molar-refractivity contribution in [3.63, 3.8) is 0 Å². The zero-order valence-corrected chi connectivity index (χ0v) is 15.4. The summed E-state index contributed by atoms with van der Waals surface area (Å²) in [4.78, 5) is 24.7. The second kappa shape index (κ2) is 7.28. The molecule has 142 valence electrons. The highest BCUT2D eigenvalue weighted by Gasteiger charge is 2.22. The molecule has 8 nitrogen and oxygen atoms in total. The summed E-state index contributed by atoms with van der Waals surface area (Å²) in [5.74, 6) is -0.0876. The Hall–Kier alpha value is -3.07. The number of hydrogen-bond acceptors (Lipinski definition) is 7. The van der Waals surface area contributed by atoms with E-state index in [1.54, 1.807) is 6.07 Å². The van der Waals surface area contributed by atoms with E-state index in [9.17, 15) is 18.0 Å². The number of ether oxygens (including phenoxy) is 3. The predicted molar refractivity (Wildman–Crippen MR) is 96.7 cm³/mol. The van der Waals surface area contributed by atoms with Gasteiger partial charge in [0.05, 0.1) is 11.8 Å². The zero-order chi connectivity index (χ0) is 19.6. The average Bonchev–Trinajstić information content (AvgIpc) is 3.08. The maximum atomic E-state index is 12.4. The lowest BCUT2D eigenvalue weighted by Gasteiger charge is -2.13. The van der Waals surface area contributed by atoms with Crippen LogP contribution in [0.4, 0.5) is 5.69 Å². The molecule has 0 fully saturated rings. The van der Waals surface area contributed by atoms with E-state index in [1.807, 2.05) is 0 Å². The van der Waals surface area contributed by atoms with Crippen LogP contribution in [0, 0.1) is 0 Å². The summed E-state index contributed by atoms with van der Waals surface area (Å²) >= 11 is 0. The minimum absolute atomic E-state index is 0.0902. The molecule has 1 atom stereocenters. The third kappa shape index (κ3) is 4.56. The lowest BCUT2D eigenvalue weighted by atomic mass is 10.1. The van der Waals surface area contributed by atoms with Crippen LogP contribution in [0.1, 0.15) is 27.6 Å². The number of nitrogens with one attached hydrogen (secondary N) is 1. The van der Waals surface area contributed by atoms with Crippen LogP contribution in [0.25, 0.3) is 0 Å². The van der Waals surface area contributed by atoms with Crippen molar-refractivity contribution in [3.05, 3.63) is 53.6 Å². The largest absolute Gasteiger partial charge is 0.454 e. The molecule has 1 aliphatic heterocycles. The molecule has 27 heavy (non-hydrogen) atoms. The lowest BCUT2D eigenvalue weighted by Crippen LogP contribution is -2.24. The molecule has 1 N–H and O–H groups in total. The summed E-state index contributed by atoms with van der Waals surface area (Å²) in [5.41, 5.74) is 0.866. The molecule has 0 radical (unpaired) electrons. The fourth-order valence-corrected chi connectivity index (χ4v) is 3.02. The van der Waals surface area contributed by atoms with Gasteiger partial charge in [0.2, 0.25) is 22.6 Å². The van der Waals surface area contributed by atoms with Crippen molar-refractivity contribution in [3.8, 4) is 11.5 Å². The first kappa shape index (κ1) is 18.7. The molecule has 0 spiro atoms. The van der Waals surface area contributed by atoms with E-state index in [0.717, 1.165) is 6.26 Å². The van der Waals surface area contributed by atoms with Gasteiger partial charge in [0.1, 0.15) is 0 Å². The lowest BCUT2D eigenvalue weighted by molar-refractivity contribution is 0.0318. The minimum Gasteiger partial charge on any atom is -0.454 e. The van der Waals surface area contributed by atoms with E-state index in [2.05, 4.69) is 4.72 Å². The highest BCUT2D eigenvalue weighted by Crippen LogP contribution is 2.32. The Bertz CT molecular complexity index is 983. The van der Waals surface area contributed by atoms with Crippen molar-refractivity contribution in [1.82, 2.24) is 0 Å². The molecule has 9 heteroatoms. The van der Waals surface area contributed by atoms with Crippen molar-refractivity contribution in [2.75, 3.05) is 17.8 Å². The Morgan fingerprint density at radius 2 is 1.67 bits per heavy atom. The van der Waals surface area contributed by atoms with E-state index < -0.39 is 27.9 Å². The number of sulfonamides is 1. The van der Waals surface area contributed by atoms with Crippen LogP contribution >= 0.6 is 0 Å². The normalized spacial score (nSPS) is 13.7. The van der Waals surface area contributed by atoms with Crippen molar-refractivity contribution in [1.29, 1.82) is 0 Å². The first-order chi connectivity index (χ1) is 12.7. The Kier molecular flexibility index (Phi) is 5.04. The predicted octanol–water partition coefficient (Wildman–Crippen LogP) is 2.21.